The van der Waals surface area contributed by atoms with Crippen LogP contribution in [0.25, 0.3) is 11.0 Å². The van der Waals surface area contributed by atoms with Gasteiger partial charge in [0.05, 0.1) is 11.0 Å². The molecule has 0 spiro atoms. The number of halogens is 2. The normalized spacial score (nSPS) is 15.2. The second-order valence-electron chi connectivity index (χ2n) is 6.86. The number of carbonyl (C=O) groups excluding carboxylic acids is 1. The highest BCUT2D eigenvalue weighted by atomic mass is 35.5. The maximum Gasteiger partial charge on any atom is 0.242 e. The van der Waals surface area contributed by atoms with E-state index in [2.05, 4.69) is 19.9 Å². The van der Waals surface area contributed by atoms with Gasteiger partial charge in [-0.3, -0.25) is 4.79 Å². The third-order valence-corrected chi connectivity index (χ3v) is 5.71. The van der Waals surface area contributed by atoms with Crippen LogP contribution in [0.3, 0.4) is 0 Å². The van der Waals surface area contributed by atoms with E-state index in [9.17, 15) is 4.79 Å². The molecule has 1 aliphatic rings. The van der Waals surface area contributed by atoms with Crippen molar-refractivity contribution < 1.29 is 4.79 Å². The number of aromatic nitrogens is 4. The van der Waals surface area contributed by atoms with Crippen molar-refractivity contribution in [2.75, 3.05) is 25.0 Å². The zero-order chi connectivity index (χ0) is 19.7. The van der Waals surface area contributed by atoms with E-state index >= 15 is 0 Å². The highest BCUT2D eigenvalue weighted by Gasteiger charge is 2.26. The average molecular weight is 419 g/mol. The Morgan fingerprint density at radius 1 is 1.18 bits per heavy atom. The number of para-hydroxylation sites is 2. The lowest BCUT2D eigenvalue weighted by Crippen LogP contribution is -2.46. The van der Waals surface area contributed by atoms with E-state index in [4.69, 9.17) is 23.2 Å². The molecule has 0 N–H and O–H groups in total. The van der Waals surface area contributed by atoms with Crippen molar-refractivity contribution in [1.82, 2.24) is 24.4 Å². The molecular weight excluding hydrogens is 399 g/mol. The van der Waals surface area contributed by atoms with Crippen molar-refractivity contribution in [3.63, 3.8) is 0 Å². The molecular formula is C19H20Cl2N6O. The molecule has 0 aliphatic carbocycles. The Bertz CT molecular complexity index is 999. The molecule has 0 bridgehead atoms. The smallest absolute Gasteiger partial charge is 0.242 e. The Morgan fingerprint density at radius 2 is 1.93 bits per heavy atom. The van der Waals surface area contributed by atoms with Gasteiger partial charge in [0.25, 0.3) is 0 Å². The van der Waals surface area contributed by atoms with Crippen molar-refractivity contribution in [1.29, 1.82) is 0 Å². The Hall–Kier alpha value is -2.38. The minimum atomic E-state index is 0.0218. The highest BCUT2D eigenvalue weighted by molar-refractivity contribution is 6.29. The van der Waals surface area contributed by atoms with Crippen LogP contribution in [0.5, 0.6) is 0 Å². The molecule has 3 aromatic rings. The van der Waals surface area contributed by atoms with Gasteiger partial charge in [-0.2, -0.15) is 0 Å². The standard InChI is InChI=1S/C19H20Cl2N6O/c1-25(13-7-10-26(11-8-13)16-6-9-22-18(20)24-16)17(28)12-27-15-5-3-2-4-14(15)23-19(27)21/h2-6,9,13H,7-8,10-12H2,1H3. The van der Waals surface area contributed by atoms with Crippen molar-refractivity contribution in [3.8, 4) is 0 Å². The number of carbonyl (C=O) groups is 1. The molecule has 0 saturated carbocycles. The van der Waals surface area contributed by atoms with Gasteiger partial charge in [0.1, 0.15) is 12.4 Å². The van der Waals surface area contributed by atoms with Gasteiger partial charge in [-0.05, 0) is 54.2 Å². The van der Waals surface area contributed by atoms with Gasteiger partial charge >= 0.3 is 0 Å². The Kier molecular flexibility index (Phi) is 5.37. The molecule has 146 valence electrons. The number of rotatable bonds is 4. The van der Waals surface area contributed by atoms with E-state index in [1.54, 1.807) is 10.8 Å². The summed E-state index contributed by atoms with van der Waals surface area (Å²) in [5, 5.41) is 0.578. The number of hydrogen-bond acceptors (Lipinski definition) is 5. The van der Waals surface area contributed by atoms with Crippen molar-refractivity contribution in [3.05, 3.63) is 47.1 Å². The Morgan fingerprint density at radius 3 is 2.68 bits per heavy atom. The van der Waals surface area contributed by atoms with Crippen LogP contribution in [-0.2, 0) is 11.3 Å². The predicted molar refractivity (Wildman–Crippen MR) is 110 cm³/mol. The summed E-state index contributed by atoms with van der Waals surface area (Å²) < 4.78 is 1.76. The largest absolute Gasteiger partial charge is 0.356 e. The van der Waals surface area contributed by atoms with Crippen LogP contribution in [0, 0.1) is 0 Å². The van der Waals surface area contributed by atoms with Gasteiger partial charge in [0.2, 0.25) is 16.5 Å². The van der Waals surface area contributed by atoms with Gasteiger partial charge in [0.15, 0.2) is 0 Å². The fourth-order valence-corrected chi connectivity index (χ4v) is 4.02. The van der Waals surface area contributed by atoms with E-state index in [0.29, 0.717) is 5.28 Å². The minimum absolute atomic E-state index is 0.0218. The molecule has 2 aromatic heterocycles. The first kappa shape index (κ1) is 19.0. The predicted octanol–water partition coefficient (Wildman–Crippen LogP) is 3.26. The van der Waals surface area contributed by atoms with Crippen LogP contribution < -0.4 is 4.90 Å². The number of imidazole rings is 1. The van der Waals surface area contributed by atoms with Gasteiger partial charge in [-0.25, -0.2) is 15.0 Å². The first-order chi connectivity index (χ1) is 13.5. The van der Waals surface area contributed by atoms with Crippen LogP contribution in [0.15, 0.2) is 36.5 Å². The van der Waals surface area contributed by atoms with Crippen LogP contribution in [0.1, 0.15) is 12.8 Å². The van der Waals surface area contributed by atoms with E-state index < -0.39 is 0 Å². The lowest BCUT2D eigenvalue weighted by atomic mass is 10.0. The molecule has 7 nitrogen and oxygen atoms in total. The molecule has 3 heterocycles. The third kappa shape index (κ3) is 3.77. The molecule has 1 fully saturated rings. The molecule has 1 saturated heterocycles. The van der Waals surface area contributed by atoms with Crippen molar-refractivity contribution >= 4 is 46.0 Å². The summed E-state index contributed by atoms with van der Waals surface area (Å²) in [5.74, 6) is 0.845. The minimum Gasteiger partial charge on any atom is -0.356 e. The first-order valence-corrected chi connectivity index (χ1v) is 9.88. The quantitative estimate of drug-likeness (QED) is 0.608. The van der Waals surface area contributed by atoms with E-state index in [0.717, 1.165) is 42.8 Å². The summed E-state index contributed by atoms with van der Waals surface area (Å²) in [7, 11) is 1.86. The second kappa shape index (κ2) is 7.93. The molecule has 0 atom stereocenters. The number of anilines is 1. The summed E-state index contributed by atoms with van der Waals surface area (Å²) in [6.07, 6.45) is 3.39. The molecule has 0 radical (unpaired) electrons. The summed E-state index contributed by atoms with van der Waals surface area (Å²) >= 11 is 12.1. The van der Waals surface area contributed by atoms with Gasteiger partial charge in [0, 0.05) is 32.4 Å². The molecule has 0 unspecified atom stereocenters. The number of likely N-dealkylation sites (N-methyl/N-ethyl adjacent to an activating group) is 1. The maximum absolute atomic E-state index is 12.9. The summed E-state index contributed by atoms with van der Waals surface area (Å²) in [5.41, 5.74) is 1.66. The van der Waals surface area contributed by atoms with Gasteiger partial charge in [-0.15, -0.1) is 0 Å². The molecule has 9 heteroatoms. The highest BCUT2D eigenvalue weighted by Crippen LogP contribution is 2.23. The monoisotopic (exact) mass is 418 g/mol. The van der Waals surface area contributed by atoms with E-state index in [1.165, 1.54) is 0 Å². The molecule has 1 amide bonds. The lowest BCUT2D eigenvalue weighted by molar-refractivity contribution is -0.132. The lowest BCUT2D eigenvalue weighted by Gasteiger charge is -2.37. The van der Waals surface area contributed by atoms with Crippen LogP contribution >= 0.6 is 23.2 Å². The average Bonchev–Trinajstić information content (AvgIpc) is 3.03. The van der Waals surface area contributed by atoms with Gasteiger partial charge in [-0.1, -0.05) is 12.1 Å². The number of piperidine rings is 1. The van der Waals surface area contributed by atoms with Crippen LogP contribution in [0.4, 0.5) is 5.82 Å². The number of benzene rings is 1. The van der Waals surface area contributed by atoms with Gasteiger partial charge < -0.3 is 14.4 Å². The Balaban J connectivity index is 1.40. The molecule has 1 aliphatic heterocycles. The fraction of sp³-hybridized carbons (Fsp3) is 0.368. The Labute approximate surface area is 172 Å². The topological polar surface area (TPSA) is 67.2 Å². The number of fused-ring (bicyclic) bond motifs is 1. The number of nitrogens with zero attached hydrogens (tertiary/aromatic N) is 6. The number of amides is 1. The van der Waals surface area contributed by atoms with Crippen LogP contribution in [-0.4, -0.2) is 56.5 Å². The zero-order valence-corrected chi connectivity index (χ0v) is 16.9. The summed E-state index contributed by atoms with van der Waals surface area (Å²) in [6, 6.07) is 9.67. The van der Waals surface area contributed by atoms with Crippen LogP contribution in [0.2, 0.25) is 10.6 Å². The first-order valence-electron chi connectivity index (χ1n) is 9.13. The fourth-order valence-electron chi connectivity index (χ4n) is 3.63. The second-order valence-corrected chi connectivity index (χ2v) is 7.54. The zero-order valence-electron chi connectivity index (χ0n) is 15.4. The maximum atomic E-state index is 12.9. The van der Waals surface area contributed by atoms with Crippen molar-refractivity contribution in [2.45, 2.75) is 25.4 Å². The van der Waals surface area contributed by atoms with E-state index in [-0.39, 0.29) is 23.8 Å². The van der Waals surface area contributed by atoms with Crippen molar-refractivity contribution in [2.24, 2.45) is 0 Å². The molecule has 1 aromatic carbocycles. The third-order valence-electron chi connectivity index (χ3n) is 5.24. The summed E-state index contributed by atoms with van der Waals surface area (Å²) in [4.78, 5) is 29.4. The molecule has 28 heavy (non-hydrogen) atoms. The number of hydrogen-bond donors (Lipinski definition) is 0. The SMILES string of the molecule is CN(C(=O)Cn1c(Cl)nc2ccccc21)C1CCN(c2ccnc(Cl)n2)CC1. The summed E-state index contributed by atoms with van der Waals surface area (Å²) in [6.45, 7) is 1.80. The van der Waals surface area contributed by atoms with E-state index in [1.807, 2.05) is 42.3 Å². The molecule has 4 rings (SSSR count).